The van der Waals surface area contributed by atoms with Gasteiger partial charge >= 0.3 is 0 Å². The van der Waals surface area contributed by atoms with E-state index < -0.39 is 5.91 Å². The van der Waals surface area contributed by atoms with Crippen LogP contribution in [-0.4, -0.2) is 34.0 Å². The van der Waals surface area contributed by atoms with Gasteiger partial charge in [-0.15, -0.1) is 0 Å². The number of ether oxygens (including phenoxy) is 1. The van der Waals surface area contributed by atoms with Crippen LogP contribution < -0.4 is 21.1 Å². The first-order valence-electron chi connectivity index (χ1n) is 12.5. The molecular formula is C30H30ClN5O4. The average molecular weight is 560 g/mol. The van der Waals surface area contributed by atoms with Crippen molar-refractivity contribution < 1.29 is 19.1 Å². The summed E-state index contributed by atoms with van der Waals surface area (Å²) in [6, 6.07) is 10.6. The number of benzene rings is 2. The highest BCUT2D eigenvalue weighted by atomic mass is 35.5. The van der Waals surface area contributed by atoms with Crippen molar-refractivity contribution in [2.75, 3.05) is 17.2 Å². The molecule has 0 aliphatic carbocycles. The van der Waals surface area contributed by atoms with Crippen molar-refractivity contribution in [1.82, 2.24) is 9.97 Å². The second-order valence-corrected chi connectivity index (χ2v) is 9.18. The third-order valence-corrected chi connectivity index (χ3v) is 6.04. The van der Waals surface area contributed by atoms with Crippen molar-refractivity contribution in [3.63, 3.8) is 0 Å². The van der Waals surface area contributed by atoms with Crippen LogP contribution in [0.1, 0.15) is 47.7 Å². The monoisotopic (exact) mass is 559 g/mol. The number of halogens is 1. The highest BCUT2D eigenvalue weighted by Crippen LogP contribution is 2.31. The fraction of sp³-hybridized carbons (Fsp3) is 0.233. The third-order valence-electron chi connectivity index (χ3n) is 5.77. The molecule has 3 rings (SSSR count). The number of aryl methyl sites for hydroxylation is 1. The Labute approximate surface area is 238 Å². The molecule has 0 radical (unpaired) electrons. The smallest absolute Gasteiger partial charge is 0.252 e. The number of amides is 1. The third kappa shape index (κ3) is 8.41. The molecule has 2 aromatic carbocycles. The van der Waals surface area contributed by atoms with E-state index in [-0.39, 0.29) is 34.5 Å². The lowest BCUT2D eigenvalue weighted by Crippen LogP contribution is -2.14. The van der Waals surface area contributed by atoms with Crippen LogP contribution in [-0.2, 0) is 16.0 Å². The Balaban J connectivity index is 1.76. The predicted molar refractivity (Wildman–Crippen MR) is 156 cm³/mol. The van der Waals surface area contributed by atoms with E-state index in [2.05, 4.69) is 39.0 Å². The summed E-state index contributed by atoms with van der Waals surface area (Å²) in [6.45, 7) is 7.30. The lowest BCUT2D eigenvalue weighted by atomic mass is 10.1. The van der Waals surface area contributed by atoms with Gasteiger partial charge in [0.15, 0.2) is 11.6 Å². The van der Waals surface area contributed by atoms with Gasteiger partial charge in [-0.1, -0.05) is 42.3 Å². The molecule has 1 amide bonds. The maximum Gasteiger partial charge on any atom is 0.252 e. The Morgan fingerprint density at radius 2 is 1.93 bits per heavy atom. The summed E-state index contributed by atoms with van der Waals surface area (Å²) in [7, 11) is 0. The molecule has 40 heavy (non-hydrogen) atoms. The molecule has 4 N–H and O–H groups in total. The minimum absolute atomic E-state index is 0.110. The fourth-order valence-corrected chi connectivity index (χ4v) is 3.86. The molecule has 0 saturated carbocycles. The lowest BCUT2D eigenvalue weighted by Gasteiger charge is -2.16. The first kappa shape index (κ1) is 29.9. The number of para-hydroxylation sites is 1. The second-order valence-electron chi connectivity index (χ2n) is 8.78. The van der Waals surface area contributed by atoms with E-state index in [9.17, 15) is 14.4 Å². The molecular weight excluding hydrogens is 530 g/mol. The predicted octanol–water partition coefficient (Wildman–Crippen LogP) is 5.46. The molecule has 0 fully saturated rings. The standard InChI is InChI=1S/C30H30ClN5O4/c1-4-10-22(38)12-8-9-14-40-27-15-19(3)26(17-23(27)28(32)39)35-30-33-18-24(31)29(36-30)34-25-13-7-6-11-20(25)16-21(37)5-2/h5-7,11,13,15,17-18H,2,8-9,12,14,16H2,1,3H3,(H2,32,39)(H2,33,34,35,36). The number of hydrogen-bond donors (Lipinski definition) is 3. The lowest BCUT2D eigenvalue weighted by molar-refractivity contribution is -0.114. The number of primary amides is 1. The van der Waals surface area contributed by atoms with E-state index in [1.807, 2.05) is 31.2 Å². The minimum Gasteiger partial charge on any atom is -0.493 e. The maximum atomic E-state index is 12.2. The number of carbonyl (C=O) groups is 3. The van der Waals surface area contributed by atoms with Gasteiger partial charge in [-0.3, -0.25) is 14.4 Å². The largest absolute Gasteiger partial charge is 0.493 e. The van der Waals surface area contributed by atoms with Crippen LogP contribution in [0.4, 0.5) is 23.1 Å². The molecule has 3 aromatic rings. The number of ketones is 2. The second kappa shape index (κ2) is 14.5. The first-order chi connectivity index (χ1) is 19.2. The number of Topliss-reactive ketones (excluding diaryl/α,β-unsaturated/α-hetero) is 1. The number of rotatable bonds is 14. The van der Waals surface area contributed by atoms with E-state index >= 15 is 0 Å². The van der Waals surface area contributed by atoms with Crippen LogP contribution in [0.5, 0.6) is 5.75 Å². The molecule has 0 spiro atoms. The van der Waals surface area contributed by atoms with Gasteiger partial charge in [-0.05, 0) is 68.0 Å². The average Bonchev–Trinajstić information content (AvgIpc) is 2.92. The fourth-order valence-electron chi connectivity index (χ4n) is 3.72. The number of carbonyl (C=O) groups excluding carboxylic acids is 3. The van der Waals surface area contributed by atoms with E-state index in [0.29, 0.717) is 48.8 Å². The van der Waals surface area contributed by atoms with Gasteiger partial charge in [0.25, 0.3) is 5.91 Å². The molecule has 1 heterocycles. The summed E-state index contributed by atoms with van der Waals surface area (Å²) in [6.07, 6.45) is 4.49. The molecule has 0 atom stereocenters. The summed E-state index contributed by atoms with van der Waals surface area (Å²) >= 11 is 6.36. The van der Waals surface area contributed by atoms with Crippen LogP contribution in [0, 0.1) is 18.8 Å². The minimum atomic E-state index is -0.656. The molecule has 0 unspecified atom stereocenters. The van der Waals surface area contributed by atoms with Crippen molar-refractivity contribution in [2.24, 2.45) is 5.73 Å². The van der Waals surface area contributed by atoms with Gasteiger partial charge < -0.3 is 21.1 Å². The van der Waals surface area contributed by atoms with E-state index in [4.69, 9.17) is 22.1 Å². The Hall–Kier alpha value is -4.68. The SMILES string of the molecule is C=CC(=O)Cc1ccccc1Nc1nc(Nc2cc(C(N)=O)c(OCCCCC(=O)C#CC)cc2C)ncc1Cl. The van der Waals surface area contributed by atoms with Crippen LogP contribution >= 0.6 is 11.6 Å². The molecule has 0 aliphatic heterocycles. The van der Waals surface area contributed by atoms with Crippen molar-refractivity contribution in [2.45, 2.75) is 39.5 Å². The van der Waals surface area contributed by atoms with E-state index in [1.165, 1.54) is 12.3 Å². The summed E-state index contributed by atoms with van der Waals surface area (Å²) in [5.41, 5.74) is 8.55. The summed E-state index contributed by atoms with van der Waals surface area (Å²) in [5.74, 6) is 5.11. The Morgan fingerprint density at radius 3 is 2.65 bits per heavy atom. The first-order valence-corrected chi connectivity index (χ1v) is 12.9. The topological polar surface area (TPSA) is 136 Å². The Morgan fingerprint density at radius 1 is 1.15 bits per heavy atom. The maximum absolute atomic E-state index is 12.2. The van der Waals surface area contributed by atoms with Crippen LogP contribution in [0.15, 0.2) is 55.3 Å². The quantitative estimate of drug-likeness (QED) is 0.102. The molecule has 206 valence electrons. The van der Waals surface area contributed by atoms with Gasteiger partial charge in [0.05, 0.1) is 18.4 Å². The van der Waals surface area contributed by atoms with Gasteiger partial charge in [-0.2, -0.15) is 4.98 Å². The van der Waals surface area contributed by atoms with Gasteiger partial charge in [0.1, 0.15) is 10.8 Å². The van der Waals surface area contributed by atoms with Crippen LogP contribution in [0.3, 0.4) is 0 Å². The zero-order chi connectivity index (χ0) is 29.1. The summed E-state index contributed by atoms with van der Waals surface area (Å²) in [4.78, 5) is 44.4. The van der Waals surface area contributed by atoms with E-state index in [0.717, 1.165) is 11.1 Å². The number of nitrogens with zero attached hydrogens (tertiary/aromatic N) is 2. The Kier molecular flexibility index (Phi) is 10.8. The van der Waals surface area contributed by atoms with Crippen molar-refractivity contribution >= 4 is 52.2 Å². The van der Waals surface area contributed by atoms with E-state index in [1.54, 1.807) is 19.1 Å². The van der Waals surface area contributed by atoms with Gasteiger partial charge in [0.2, 0.25) is 11.7 Å². The molecule has 0 saturated heterocycles. The number of hydrogen-bond acceptors (Lipinski definition) is 8. The zero-order valence-corrected chi connectivity index (χ0v) is 23.1. The zero-order valence-electron chi connectivity index (χ0n) is 22.3. The number of allylic oxidation sites excluding steroid dienone is 1. The summed E-state index contributed by atoms with van der Waals surface area (Å²) in [5, 5.41) is 6.54. The molecule has 10 heteroatoms. The number of nitrogens with two attached hydrogens (primary N) is 1. The molecule has 9 nitrogen and oxygen atoms in total. The molecule has 0 bridgehead atoms. The van der Waals surface area contributed by atoms with Crippen molar-refractivity contribution in [3.05, 3.63) is 77.0 Å². The van der Waals surface area contributed by atoms with Crippen molar-refractivity contribution in [3.8, 4) is 17.6 Å². The van der Waals surface area contributed by atoms with Crippen molar-refractivity contribution in [1.29, 1.82) is 0 Å². The number of nitrogens with one attached hydrogen (secondary N) is 2. The normalized spacial score (nSPS) is 10.2. The van der Waals surface area contributed by atoms with Gasteiger partial charge in [-0.25, -0.2) is 4.98 Å². The summed E-state index contributed by atoms with van der Waals surface area (Å²) < 4.78 is 5.81. The highest BCUT2D eigenvalue weighted by Gasteiger charge is 2.16. The van der Waals surface area contributed by atoms with Gasteiger partial charge in [0, 0.05) is 24.2 Å². The van der Waals surface area contributed by atoms with Crippen LogP contribution in [0.25, 0.3) is 0 Å². The number of anilines is 4. The highest BCUT2D eigenvalue weighted by molar-refractivity contribution is 6.33. The number of aromatic nitrogens is 2. The van der Waals surface area contributed by atoms with Crippen LogP contribution in [0.2, 0.25) is 5.02 Å². The molecule has 0 aliphatic rings. The number of unbranched alkanes of at least 4 members (excludes halogenated alkanes) is 1. The Bertz CT molecular complexity index is 1490. The molecule has 1 aromatic heterocycles.